The number of aromatic nitrogens is 2. The minimum absolute atomic E-state index is 0.0525. The van der Waals surface area contributed by atoms with Gasteiger partial charge in [-0.15, -0.1) is 0 Å². The summed E-state index contributed by atoms with van der Waals surface area (Å²) in [5.74, 6) is 1.31. The Kier molecular flexibility index (Phi) is 6.21. The van der Waals surface area contributed by atoms with E-state index in [0.29, 0.717) is 44.9 Å². The van der Waals surface area contributed by atoms with Crippen LogP contribution in [-0.4, -0.2) is 35.2 Å². The molecule has 1 aliphatic heterocycles. The van der Waals surface area contributed by atoms with Crippen LogP contribution in [0.15, 0.2) is 53.3 Å². The van der Waals surface area contributed by atoms with Gasteiger partial charge in [-0.1, -0.05) is 24.3 Å². The molecule has 7 heteroatoms. The van der Waals surface area contributed by atoms with Crippen LogP contribution in [0.4, 0.5) is 5.82 Å². The van der Waals surface area contributed by atoms with E-state index in [4.69, 9.17) is 4.74 Å². The number of fused-ring (bicyclic) bond motifs is 1. The third-order valence-electron chi connectivity index (χ3n) is 5.83. The lowest BCUT2D eigenvalue weighted by Gasteiger charge is -2.32. The van der Waals surface area contributed by atoms with E-state index >= 15 is 0 Å². The number of ether oxygens (including phenoxy) is 1. The van der Waals surface area contributed by atoms with Crippen LogP contribution in [-0.2, 0) is 18.4 Å². The Bertz CT molecular complexity index is 1120. The number of hydrogen-bond acceptors (Lipinski definition) is 5. The molecule has 0 saturated carbocycles. The van der Waals surface area contributed by atoms with Crippen molar-refractivity contribution in [3.8, 4) is 5.75 Å². The van der Waals surface area contributed by atoms with Crippen molar-refractivity contribution in [2.75, 3.05) is 24.6 Å². The summed E-state index contributed by atoms with van der Waals surface area (Å²) in [7, 11) is 1.77. The molecule has 2 aromatic carbocycles. The van der Waals surface area contributed by atoms with E-state index < -0.39 is 0 Å². The maximum absolute atomic E-state index is 12.8. The number of rotatable bonds is 6. The van der Waals surface area contributed by atoms with Gasteiger partial charge in [0.1, 0.15) is 5.75 Å². The summed E-state index contributed by atoms with van der Waals surface area (Å²) in [6.07, 6.45) is 1.40. The van der Waals surface area contributed by atoms with Gasteiger partial charge >= 0.3 is 0 Å². The maximum atomic E-state index is 12.8. The third-order valence-corrected chi connectivity index (χ3v) is 5.83. The van der Waals surface area contributed by atoms with Crippen molar-refractivity contribution in [3.05, 3.63) is 64.4 Å². The number of piperidine rings is 1. The van der Waals surface area contributed by atoms with Crippen LogP contribution in [0.1, 0.15) is 25.3 Å². The minimum atomic E-state index is -0.0999. The summed E-state index contributed by atoms with van der Waals surface area (Å²) in [4.78, 5) is 32.0. The van der Waals surface area contributed by atoms with Crippen molar-refractivity contribution in [2.24, 2.45) is 13.0 Å². The molecule has 1 saturated heterocycles. The van der Waals surface area contributed by atoms with Crippen LogP contribution in [0.2, 0.25) is 0 Å². The van der Waals surface area contributed by atoms with Gasteiger partial charge in [-0.2, -0.15) is 0 Å². The lowest BCUT2D eigenvalue weighted by atomic mass is 9.96. The first kappa shape index (κ1) is 20.9. The molecular weight excluding hydrogens is 392 g/mol. The second kappa shape index (κ2) is 9.20. The second-order valence-electron chi connectivity index (χ2n) is 7.84. The molecule has 3 aromatic rings. The highest BCUT2D eigenvalue weighted by molar-refractivity contribution is 5.79. The van der Waals surface area contributed by atoms with Crippen molar-refractivity contribution < 1.29 is 9.53 Å². The number of benzene rings is 2. The van der Waals surface area contributed by atoms with Crippen LogP contribution in [0, 0.1) is 5.92 Å². The monoisotopic (exact) mass is 420 g/mol. The predicted octanol–water partition coefficient (Wildman–Crippen LogP) is 2.87. The van der Waals surface area contributed by atoms with Gasteiger partial charge in [-0.25, -0.2) is 4.98 Å². The number of carbonyl (C=O) groups is 1. The van der Waals surface area contributed by atoms with E-state index in [1.807, 2.05) is 60.4 Å². The fourth-order valence-electron chi connectivity index (χ4n) is 4.03. The quantitative estimate of drug-likeness (QED) is 0.664. The van der Waals surface area contributed by atoms with Crippen LogP contribution < -0.4 is 20.5 Å². The highest BCUT2D eigenvalue weighted by Crippen LogP contribution is 2.22. The lowest BCUT2D eigenvalue weighted by Crippen LogP contribution is -2.43. The maximum Gasteiger partial charge on any atom is 0.293 e. The summed E-state index contributed by atoms with van der Waals surface area (Å²) < 4.78 is 7.09. The van der Waals surface area contributed by atoms with Crippen molar-refractivity contribution in [2.45, 2.75) is 26.3 Å². The van der Waals surface area contributed by atoms with Crippen molar-refractivity contribution in [3.63, 3.8) is 0 Å². The number of nitrogens with one attached hydrogen (secondary N) is 1. The molecule has 1 amide bonds. The highest BCUT2D eigenvalue weighted by Gasteiger charge is 2.27. The Morgan fingerprint density at radius 3 is 2.55 bits per heavy atom. The van der Waals surface area contributed by atoms with Gasteiger partial charge in [-0.05, 0) is 49.6 Å². The smallest absolute Gasteiger partial charge is 0.293 e. The molecule has 1 N–H and O–H groups in total. The van der Waals surface area contributed by atoms with E-state index in [1.165, 1.54) is 0 Å². The molecule has 31 heavy (non-hydrogen) atoms. The molecule has 1 aliphatic rings. The number of para-hydroxylation sites is 2. The third kappa shape index (κ3) is 4.55. The average Bonchev–Trinajstić information content (AvgIpc) is 2.81. The predicted molar refractivity (Wildman–Crippen MR) is 121 cm³/mol. The van der Waals surface area contributed by atoms with Gasteiger partial charge in [0.15, 0.2) is 5.82 Å². The molecule has 0 radical (unpaired) electrons. The van der Waals surface area contributed by atoms with E-state index in [9.17, 15) is 9.59 Å². The van der Waals surface area contributed by atoms with Crippen molar-refractivity contribution in [1.29, 1.82) is 0 Å². The van der Waals surface area contributed by atoms with Crippen LogP contribution >= 0.6 is 0 Å². The SMILES string of the molecule is CCOc1ccc(CNC(=O)C2CCN(c3nc4ccccc4n(C)c3=O)CC2)cc1. The van der Waals surface area contributed by atoms with Crippen LogP contribution in [0.25, 0.3) is 11.0 Å². The number of amides is 1. The van der Waals surface area contributed by atoms with Crippen molar-refractivity contribution >= 4 is 22.8 Å². The number of carbonyl (C=O) groups excluding carboxylic acids is 1. The molecule has 1 aromatic heterocycles. The molecular formula is C24H28N4O3. The van der Waals surface area contributed by atoms with Gasteiger partial charge in [-0.3, -0.25) is 9.59 Å². The summed E-state index contributed by atoms with van der Waals surface area (Å²) in [6, 6.07) is 15.4. The summed E-state index contributed by atoms with van der Waals surface area (Å²) in [5.41, 5.74) is 2.56. The first-order valence-electron chi connectivity index (χ1n) is 10.8. The Balaban J connectivity index is 1.35. The van der Waals surface area contributed by atoms with Gasteiger partial charge in [0.05, 0.1) is 17.6 Å². The normalized spacial score (nSPS) is 14.6. The molecule has 162 valence electrons. The standard InChI is InChI=1S/C24H28N4O3/c1-3-31-19-10-8-17(9-11-19)16-25-23(29)18-12-14-28(15-13-18)22-24(30)27(2)21-7-5-4-6-20(21)26-22/h4-11,18H,3,12-16H2,1-2H3,(H,25,29). The Morgan fingerprint density at radius 1 is 1.13 bits per heavy atom. The number of hydrogen-bond donors (Lipinski definition) is 1. The summed E-state index contributed by atoms with van der Waals surface area (Å²) in [6.45, 7) is 4.37. The number of anilines is 1. The second-order valence-corrected chi connectivity index (χ2v) is 7.84. The summed E-state index contributed by atoms with van der Waals surface area (Å²) in [5, 5.41) is 3.04. The molecule has 0 unspecified atom stereocenters. The molecule has 4 rings (SSSR count). The average molecular weight is 421 g/mol. The molecule has 7 nitrogen and oxygen atoms in total. The highest BCUT2D eigenvalue weighted by atomic mass is 16.5. The number of aryl methyl sites for hydroxylation is 1. The van der Waals surface area contributed by atoms with E-state index in [2.05, 4.69) is 10.3 Å². The molecule has 0 aliphatic carbocycles. The first-order valence-corrected chi connectivity index (χ1v) is 10.8. The zero-order valence-electron chi connectivity index (χ0n) is 18.0. The number of nitrogens with zero attached hydrogens (tertiary/aromatic N) is 3. The summed E-state index contributed by atoms with van der Waals surface area (Å²) >= 11 is 0. The fraction of sp³-hybridized carbons (Fsp3) is 0.375. The topological polar surface area (TPSA) is 76.5 Å². The zero-order chi connectivity index (χ0) is 21.8. The van der Waals surface area contributed by atoms with E-state index in [-0.39, 0.29) is 17.4 Å². The molecule has 0 spiro atoms. The fourth-order valence-corrected chi connectivity index (χ4v) is 4.03. The minimum Gasteiger partial charge on any atom is -0.494 e. The van der Waals surface area contributed by atoms with Crippen molar-refractivity contribution in [1.82, 2.24) is 14.9 Å². The first-order chi connectivity index (χ1) is 15.1. The van der Waals surface area contributed by atoms with Gasteiger partial charge in [0, 0.05) is 32.6 Å². The molecule has 2 heterocycles. The molecule has 0 atom stereocenters. The van der Waals surface area contributed by atoms with Crippen LogP contribution in [0.3, 0.4) is 0 Å². The van der Waals surface area contributed by atoms with Crippen LogP contribution in [0.5, 0.6) is 5.75 Å². The Morgan fingerprint density at radius 2 is 1.84 bits per heavy atom. The van der Waals surface area contributed by atoms with E-state index in [1.54, 1.807) is 11.6 Å². The van der Waals surface area contributed by atoms with Gasteiger partial charge < -0.3 is 19.5 Å². The lowest BCUT2D eigenvalue weighted by molar-refractivity contribution is -0.125. The molecule has 0 bridgehead atoms. The Hall–Kier alpha value is -3.35. The largest absolute Gasteiger partial charge is 0.494 e. The van der Waals surface area contributed by atoms with E-state index in [0.717, 1.165) is 22.3 Å². The van der Waals surface area contributed by atoms with Gasteiger partial charge in [0.2, 0.25) is 5.91 Å². The van der Waals surface area contributed by atoms with Gasteiger partial charge in [0.25, 0.3) is 5.56 Å². The zero-order valence-corrected chi connectivity index (χ0v) is 18.0. The Labute approximate surface area is 181 Å². The molecule has 1 fully saturated rings.